The number of nitrogens with one attached hydrogen (secondary N) is 1. The first kappa shape index (κ1) is 13.6. The predicted octanol–water partition coefficient (Wildman–Crippen LogP) is 3.53. The molecule has 0 spiro atoms. The smallest absolute Gasteiger partial charge is 0.255 e. The maximum atomic E-state index is 12.1. The summed E-state index contributed by atoms with van der Waals surface area (Å²) in [7, 11) is 0. The minimum Gasteiger partial charge on any atom is -0.399 e. The van der Waals surface area contributed by atoms with Crippen molar-refractivity contribution in [3.05, 3.63) is 51.8 Å². The van der Waals surface area contributed by atoms with Crippen molar-refractivity contribution in [1.82, 2.24) is 4.98 Å². The van der Waals surface area contributed by atoms with Gasteiger partial charge in [-0.15, -0.1) is 0 Å². The number of anilines is 2. The minimum absolute atomic E-state index is 0.239. The molecule has 0 aliphatic heterocycles. The molecular formula is C13H11Cl2N3O. The van der Waals surface area contributed by atoms with Crippen molar-refractivity contribution in [3.63, 3.8) is 0 Å². The molecule has 3 N–H and O–H groups in total. The van der Waals surface area contributed by atoms with Crippen molar-refractivity contribution in [3.8, 4) is 0 Å². The highest BCUT2D eigenvalue weighted by molar-refractivity contribution is 6.33. The van der Waals surface area contributed by atoms with Crippen molar-refractivity contribution in [1.29, 1.82) is 0 Å². The number of amides is 1. The van der Waals surface area contributed by atoms with Gasteiger partial charge in [-0.05, 0) is 36.8 Å². The Kier molecular flexibility index (Phi) is 3.93. The van der Waals surface area contributed by atoms with E-state index in [0.717, 1.165) is 5.56 Å². The van der Waals surface area contributed by atoms with Crippen molar-refractivity contribution in [2.24, 2.45) is 0 Å². The number of hydrogen-bond acceptors (Lipinski definition) is 3. The van der Waals surface area contributed by atoms with Crippen molar-refractivity contribution >= 4 is 40.5 Å². The molecule has 0 fully saturated rings. The van der Waals surface area contributed by atoms with Crippen LogP contribution in [-0.2, 0) is 0 Å². The molecule has 2 rings (SSSR count). The Labute approximate surface area is 120 Å². The molecule has 0 atom stereocenters. The molecule has 0 bridgehead atoms. The first-order chi connectivity index (χ1) is 8.97. The monoisotopic (exact) mass is 295 g/mol. The number of carbonyl (C=O) groups is 1. The van der Waals surface area contributed by atoms with E-state index < -0.39 is 0 Å². The molecule has 0 saturated heterocycles. The summed E-state index contributed by atoms with van der Waals surface area (Å²) in [6.45, 7) is 1.83. The largest absolute Gasteiger partial charge is 0.399 e. The van der Waals surface area contributed by atoms with Gasteiger partial charge in [-0.3, -0.25) is 4.79 Å². The average molecular weight is 296 g/mol. The molecule has 19 heavy (non-hydrogen) atoms. The van der Waals surface area contributed by atoms with Gasteiger partial charge in [0.25, 0.3) is 5.91 Å². The second-order valence-electron chi connectivity index (χ2n) is 4.02. The Balaban J connectivity index is 2.31. The Morgan fingerprint density at radius 1 is 1.32 bits per heavy atom. The standard InChI is InChI=1S/C13H11Cl2N3O/c1-7-2-3-17-12(15)11(7)18-13(19)8-4-9(14)6-10(16)5-8/h2-6H,16H2,1H3,(H,18,19). The number of aromatic nitrogens is 1. The number of nitrogen functional groups attached to an aromatic ring is 1. The summed E-state index contributed by atoms with van der Waals surface area (Å²) in [6, 6.07) is 6.40. The van der Waals surface area contributed by atoms with Crippen LogP contribution in [0.2, 0.25) is 10.2 Å². The Morgan fingerprint density at radius 3 is 2.68 bits per heavy atom. The van der Waals surface area contributed by atoms with E-state index in [1.165, 1.54) is 6.07 Å². The van der Waals surface area contributed by atoms with Gasteiger partial charge < -0.3 is 11.1 Å². The molecule has 1 heterocycles. The molecule has 0 aliphatic carbocycles. The lowest BCUT2D eigenvalue weighted by Crippen LogP contribution is -2.13. The highest BCUT2D eigenvalue weighted by Gasteiger charge is 2.12. The topological polar surface area (TPSA) is 68.0 Å². The van der Waals surface area contributed by atoms with Crippen molar-refractivity contribution < 1.29 is 4.79 Å². The van der Waals surface area contributed by atoms with E-state index in [0.29, 0.717) is 22.0 Å². The van der Waals surface area contributed by atoms with Gasteiger partial charge in [-0.25, -0.2) is 4.98 Å². The van der Waals surface area contributed by atoms with Gasteiger partial charge in [0, 0.05) is 22.5 Å². The summed E-state index contributed by atoms with van der Waals surface area (Å²) in [6.07, 6.45) is 1.57. The van der Waals surface area contributed by atoms with Gasteiger partial charge in [0.2, 0.25) is 0 Å². The van der Waals surface area contributed by atoms with E-state index in [1.807, 2.05) is 6.92 Å². The fourth-order valence-corrected chi connectivity index (χ4v) is 2.10. The Hall–Kier alpha value is -1.78. The van der Waals surface area contributed by atoms with Crippen LogP contribution in [0.4, 0.5) is 11.4 Å². The van der Waals surface area contributed by atoms with Crippen LogP contribution >= 0.6 is 23.2 Å². The summed E-state index contributed by atoms with van der Waals surface area (Å²) in [5, 5.41) is 3.34. The summed E-state index contributed by atoms with van der Waals surface area (Å²) in [5.74, 6) is -0.341. The fraction of sp³-hybridized carbons (Fsp3) is 0.0769. The summed E-state index contributed by atoms with van der Waals surface area (Å²) >= 11 is 11.8. The van der Waals surface area contributed by atoms with Crippen LogP contribution in [0, 0.1) is 6.92 Å². The molecule has 1 aromatic heterocycles. The maximum absolute atomic E-state index is 12.1. The summed E-state index contributed by atoms with van der Waals surface area (Å²) < 4.78 is 0. The number of halogens is 2. The third-order valence-electron chi connectivity index (χ3n) is 2.53. The number of rotatable bonds is 2. The van der Waals surface area contributed by atoms with Gasteiger partial charge in [0.05, 0.1) is 5.69 Å². The average Bonchev–Trinajstić information content (AvgIpc) is 2.32. The predicted molar refractivity (Wildman–Crippen MR) is 77.8 cm³/mol. The van der Waals surface area contributed by atoms with Crippen LogP contribution in [-0.4, -0.2) is 10.9 Å². The molecule has 98 valence electrons. The molecule has 2 aromatic rings. The SMILES string of the molecule is Cc1ccnc(Cl)c1NC(=O)c1cc(N)cc(Cl)c1. The number of benzene rings is 1. The third kappa shape index (κ3) is 3.16. The highest BCUT2D eigenvalue weighted by atomic mass is 35.5. The first-order valence-corrected chi connectivity index (χ1v) is 6.21. The van der Waals surface area contributed by atoms with Crippen LogP contribution in [0.25, 0.3) is 0 Å². The van der Waals surface area contributed by atoms with Crippen molar-refractivity contribution in [2.45, 2.75) is 6.92 Å². The number of carbonyl (C=O) groups excluding carboxylic acids is 1. The molecule has 0 unspecified atom stereocenters. The highest BCUT2D eigenvalue weighted by Crippen LogP contribution is 2.24. The second-order valence-corrected chi connectivity index (χ2v) is 4.82. The number of aryl methyl sites for hydroxylation is 1. The molecule has 6 heteroatoms. The number of pyridine rings is 1. The fourth-order valence-electron chi connectivity index (χ4n) is 1.60. The minimum atomic E-state index is -0.341. The molecule has 0 radical (unpaired) electrons. The van der Waals surface area contributed by atoms with Gasteiger partial charge in [-0.2, -0.15) is 0 Å². The second kappa shape index (κ2) is 5.47. The summed E-state index contributed by atoms with van der Waals surface area (Å²) in [5.41, 5.74) is 7.74. The van der Waals surface area contributed by atoms with Gasteiger partial charge in [0.1, 0.15) is 0 Å². The van der Waals surface area contributed by atoms with Crippen LogP contribution in [0.15, 0.2) is 30.5 Å². The van der Waals surface area contributed by atoms with E-state index in [1.54, 1.807) is 24.4 Å². The third-order valence-corrected chi connectivity index (χ3v) is 3.04. The van der Waals surface area contributed by atoms with Crippen molar-refractivity contribution in [2.75, 3.05) is 11.1 Å². The Bertz CT molecular complexity index is 603. The molecule has 0 aliphatic rings. The van der Waals surface area contributed by atoms with Crippen LogP contribution in [0.3, 0.4) is 0 Å². The van der Waals surface area contributed by atoms with E-state index in [9.17, 15) is 4.79 Å². The quantitative estimate of drug-likeness (QED) is 0.658. The van der Waals surface area contributed by atoms with E-state index >= 15 is 0 Å². The molecule has 4 nitrogen and oxygen atoms in total. The first-order valence-electron chi connectivity index (χ1n) is 5.46. The van der Waals surface area contributed by atoms with E-state index in [2.05, 4.69) is 10.3 Å². The van der Waals surface area contributed by atoms with Gasteiger partial charge in [-0.1, -0.05) is 23.2 Å². The van der Waals surface area contributed by atoms with Crippen LogP contribution in [0.1, 0.15) is 15.9 Å². The molecule has 1 amide bonds. The van der Waals surface area contributed by atoms with E-state index in [-0.39, 0.29) is 11.1 Å². The summed E-state index contributed by atoms with van der Waals surface area (Å²) in [4.78, 5) is 16.0. The van der Waals surface area contributed by atoms with Gasteiger partial charge in [0.15, 0.2) is 5.15 Å². The lowest BCUT2D eigenvalue weighted by molar-refractivity contribution is 0.102. The molecule has 0 saturated carbocycles. The van der Waals surface area contributed by atoms with E-state index in [4.69, 9.17) is 28.9 Å². The van der Waals surface area contributed by atoms with Crippen LogP contribution in [0.5, 0.6) is 0 Å². The lowest BCUT2D eigenvalue weighted by Gasteiger charge is -2.10. The zero-order valence-corrected chi connectivity index (χ0v) is 11.6. The zero-order chi connectivity index (χ0) is 14.0. The van der Waals surface area contributed by atoms with Gasteiger partial charge >= 0.3 is 0 Å². The normalized spacial score (nSPS) is 10.3. The molecular weight excluding hydrogens is 285 g/mol. The zero-order valence-electron chi connectivity index (χ0n) is 10.1. The number of nitrogens with two attached hydrogens (primary N) is 1. The Morgan fingerprint density at radius 2 is 2.05 bits per heavy atom. The maximum Gasteiger partial charge on any atom is 0.255 e. The number of hydrogen-bond donors (Lipinski definition) is 2. The van der Waals surface area contributed by atoms with Crippen LogP contribution < -0.4 is 11.1 Å². The molecule has 1 aromatic carbocycles. The lowest BCUT2D eigenvalue weighted by atomic mass is 10.1. The number of nitrogens with zero attached hydrogens (tertiary/aromatic N) is 1.